The van der Waals surface area contributed by atoms with Gasteiger partial charge < -0.3 is 5.32 Å². The highest BCUT2D eigenvalue weighted by Gasteiger charge is 2.20. The molecule has 1 nitrogen and oxygen atoms in total. The smallest absolute Gasteiger partial charge is 0.00204 e. The molecule has 0 aliphatic heterocycles. The summed E-state index contributed by atoms with van der Waals surface area (Å²) in [6.07, 6.45) is 7.29. The molecular formula is C15H31N. The first-order valence-electron chi connectivity index (χ1n) is 7.30. The summed E-state index contributed by atoms with van der Waals surface area (Å²) in [4.78, 5) is 0. The van der Waals surface area contributed by atoms with E-state index in [-0.39, 0.29) is 0 Å². The third kappa shape index (κ3) is 5.34. The molecule has 0 heterocycles. The molecule has 0 aromatic rings. The van der Waals surface area contributed by atoms with Crippen molar-refractivity contribution in [2.75, 3.05) is 13.1 Å². The van der Waals surface area contributed by atoms with Gasteiger partial charge in [0.1, 0.15) is 0 Å². The minimum Gasteiger partial charge on any atom is -0.316 e. The van der Waals surface area contributed by atoms with Gasteiger partial charge in [0.2, 0.25) is 0 Å². The Morgan fingerprint density at radius 3 is 2.38 bits per heavy atom. The van der Waals surface area contributed by atoms with Crippen LogP contribution < -0.4 is 5.32 Å². The van der Waals surface area contributed by atoms with E-state index in [2.05, 4.69) is 33.0 Å². The fraction of sp³-hybridized carbons (Fsp3) is 1.00. The van der Waals surface area contributed by atoms with E-state index in [9.17, 15) is 0 Å². The van der Waals surface area contributed by atoms with Gasteiger partial charge in [0.15, 0.2) is 0 Å². The van der Waals surface area contributed by atoms with Crippen LogP contribution in [-0.4, -0.2) is 13.1 Å². The normalized spacial score (nSPS) is 27.4. The van der Waals surface area contributed by atoms with E-state index in [1.165, 1.54) is 45.2 Å². The van der Waals surface area contributed by atoms with Crippen molar-refractivity contribution in [3.63, 3.8) is 0 Å². The number of nitrogens with one attached hydrogen (secondary N) is 1. The summed E-state index contributed by atoms with van der Waals surface area (Å²) in [5, 5.41) is 3.63. The van der Waals surface area contributed by atoms with Gasteiger partial charge >= 0.3 is 0 Å². The van der Waals surface area contributed by atoms with E-state index in [1.54, 1.807) is 0 Å². The molecule has 2 unspecified atom stereocenters. The van der Waals surface area contributed by atoms with Gasteiger partial charge in [-0.25, -0.2) is 0 Å². The fourth-order valence-electron chi connectivity index (χ4n) is 2.85. The SMILES string of the molecule is CC(C)CNCC1CCCC(C(C)C)CC1. The van der Waals surface area contributed by atoms with Gasteiger partial charge in [-0.15, -0.1) is 0 Å². The van der Waals surface area contributed by atoms with Gasteiger partial charge in [0, 0.05) is 0 Å². The minimum absolute atomic E-state index is 0.786. The average molecular weight is 225 g/mol. The molecule has 1 rings (SSSR count). The molecule has 0 radical (unpaired) electrons. The standard InChI is InChI=1S/C15H31N/c1-12(2)10-16-11-14-6-5-7-15(9-8-14)13(3)4/h12-16H,5-11H2,1-4H3. The molecule has 1 N–H and O–H groups in total. The Labute approximate surface area is 102 Å². The first kappa shape index (κ1) is 14.0. The van der Waals surface area contributed by atoms with Crippen molar-refractivity contribution in [1.82, 2.24) is 5.32 Å². The summed E-state index contributed by atoms with van der Waals surface area (Å²) in [5.74, 6) is 3.62. The van der Waals surface area contributed by atoms with Crippen LogP contribution >= 0.6 is 0 Å². The van der Waals surface area contributed by atoms with Gasteiger partial charge in [-0.2, -0.15) is 0 Å². The van der Waals surface area contributed by atoms with Gasteiger partial charge in [0.05, 0.1) is 0 Å². The quantitative estimate of drug-likeness (QED) is 0.695. The third-order valence-corrected chi connectivity index (χ3v) is 4.06. The first-order chi connectivity index (χ1) is 7.59. The van der Waals surface area contributed by atoms with Crippen molar-refractivity contribution < 1.29 is 0 Å². The van der Waals surface area contributed by atoms with E-state index >= 15 is 0 Å². The molecule has 0 aromatic heterocycles. The van der Waals surface area contributed by atoms with Crippen LogP contribution in [0.2, 0.25) is 0 Å². The maximum absolute atomic E-state index is 3.63. The molecule has 2 atom stereocenters. The molecule has 0 saturated heterocycles. The topological polar surface area (TPSA) is 12.0 Å². The molecule has 1 aliphatic rings. The summed E-state index contributed by atoms with van der Waals surface area (Å²) in [6, 6.07) is 0. The van der Waals surface area contributed by atoms with Crippen molar-refractivity contribution >= 4 is 0 Å². The van der Waals surface area contributed by atoms with Crippen LogP contribution in [0.5, 0.6) is 0 Å². The molecule has 16 heavy (non-hydrogen) atoms. The summed E-state index contributed by atoms with van der Waals surface area (Å²) in [7, 11) is 0. The summed E-state index contributed by atoms with van der Waals surface area (Å²) in [6.45, 7) is 11.8. The zero-order valence-electron chi connectivity index (χ0n) is 11.8. The van der Waals surface area contributed by atoms with E-state index in [4.69, 9.17) is 0 Å². The molecule has 1 saturated carbocycles. The van der Waals surface area contributed by atoms with Crippen LogP contribution in [0.1, 0.15) is 59.8 Å². The molecule has 0 bridgehead atoms. The maximum atomic E-state index is 3.63. The molecule has 0 aromatic carbocycles. The third-order valence-electron chi connectivity index (χ3n) is 4.06. The molecule has 96 valence electrons. The number of hydrogen-bond donors (Lipinski definition) is 1. The second-order valence-corrected chi connectivity index (χ2v) is 6.43. The van der Waals surface area contributed by atoms with Crippen molar-refractivity contribution in [2.45, 2.75) is 59.8 Å². The molecular weight excluding hydrogens is 194 g/mol. The Hall–Kier alpha value is -0.0400. The lowest BCUT2D eigenvalue weighted by Gasteiger charge is -2.19. The molecule has 1 heteroatoms. The Bertz CT molecular complexity index is 174. The second kappa shape index (κ2) is 7.32. The number of hydrogen-bond acceptors (Lipinski definition) is 1. The van der Waals surface area contributed by atoms with Crippen molar-refractivity contribution in [2.24, 2.45) is 23.7 Å². The van der Waals surface area contributed by atoms with E-state index in [0.29, 0.717) is 0 Å². The zero-order valence-corrected chi connectivity index (χ0v) is 11.8. The lowest BCUT2D eigenvalue weighted by atomic mass is 9.88. The van der Waals surface area contributed by atoms with Crippen LogP contribution in [0.15, 0.2) is 0 Å². The van der Waals surface area contributed by atoms with Crippen LogP contribution in [0, 0.1) is 23.7 Å². The van der Waals surface area contributed by atoms with Gasteiger partial charge in [-0.05, 0) is 56.0 Å². The average Bonchev–Trinajstić information content (AvgIpc) is 2.42. The summed E-state index contributed by atoms with van der Waals surface area (Å²) >= 11 is 0. The molecule has 1 aliphatic carbocycles. The van der Waals surface area contributed by atoms with Crippen LogP contribution in [0.25, 0.3) is 0 Å². The number of rotatable bonds is 5. The highest BCUT2D eigenvalue weighted by atomic mass is 14.9. The van der Waals surface area contributed by atoms with Gasteiger partial charge in [-0.1, -0.05) is 40.5 Å². The Morgan fingerprint density at radius 2 is 1.75 bits per heavy atom. The van der Waals surface area contributed by atoms with Gasteiger partial charge in [-0.3, -0.25) is 0 Å². The highest BCUT2D eigenvalue weighted by molar-refractivity contribution is 4.73. The first-order valence-corrected chi connectivity index (χ1v) is 7.30. The predicted molar refractivity (Wildman–Crippen MR) is 72.6 cm³/mol. The maximum Gasteiger partial charge on any atom is -0.00204 e. The van der Waals surface area contributed by atoms with Crippen molar-refractivity contribution in [3.05, 3.63) is 0 Å². The zero-order chi connectivity index (χ0) is 12.0. The van der Waals surface area contributed by atoms with Crippen LogP contribution in [-0.2, 0) is 0 Å². The van der Waals surface area contributed by atoms with E-state index in [1.807, 2.05) is 0 Å². The highest BCUT2D eigenvalue weighted by Crippen LogP contribution is 2.31. The summed E-state index contributed by atoms with van der Waals surface area (Å²) < 4.78 is 0. The predicted octanol–water partition coefficient (Wildman–Crippen LogP) is 4.08. The lowest BCUT2D eigenvalue weighted by molar-refractivity contribution is 0.333. The largest absolute Gasteiger partial charge is 0.316 e. The van der Waals surface area contributed by atoms with Gasteiger partial charge in [0.25, 0.3) is 0 Å². The van der Waals surface area contributed by atoms with E-state index < -0.39 is 0 Å². The lowest BCUT2D eigenvalue weighted by Crippen LogP contribution is -2.26. The second-order valence-electron chi connectivity index (χ2n) is 6.43. The monoisotopic (exact) mass is 225 g/mol. The van der Waals surface area contributed by atoms with Crippen LogP contribution in [0.3, 0.4) is 0 Å². The van der Waals surface area contributed by atoms with Crippen molar-refractivity contribution in [1.29, 1.82) is 0 Å². The molecule has 0 amide bonds. The Kier molecular flexibility index (Phi) is 6.41. The van der Waals surface area contributed by atoms with E-state index in [0.717, 1.165) is 23.7 Å². The molecule has 1 fully saturated rings. The van der Waals surface area contributed by atoms with Crippen molar-refractivity contribution in [3.8, 4) is 0 Å². The fourth-order valence-corrected chi connectivity index (χ4v) is 2.85. The molecule has 0 spiro atoms. The Balaban J connectivity index is 2.20. The Morgan fingerprint density at radius 1 is 1.00 bits per heavy atom. The van der Waals surface area contributed by atoms with Crippen LogP contribution in [0.4, 0.5) is 0 Å². The minimum atomic E-state index is 0.786. The summed E-state index contributed by atoms with van der Waals surface area (Å²) in [5.41, 5.74) is 0.